The minimum atomic E-state index is -4.41. The van der Waals surface area contributed by atoms with E-state index in [0.717, 1.165) is 41.5 Å². The third-order valence-electron chi connectivity index (χ3n) is 6.29. The van der Waals surface area contributed by atoms with Crippen LogP contribution in [0.25, 0.3) is 0 Å². The summed E-state index contributed by atoms with van der Waals surface area (Å²) in [5.74, 6) is -0.498. The van der Waals surface area contributed by atoms with Crippen molar-refractivity contribution in [3.8, 4) is 17.6 Å². The number of rotatable bonds is 8. The zero-order valence-electron chi connectivity index (χ0n) is 21.7. The molecule has 0 radical (unpaired) electrons. The molecule has 1 unspecified atom stereocenters. The number of hydrogen-bond donors (Lipinski definition) is 2. The third-order valence-corrected chi connectivity index (χ3v) is 7.39. The van der Waals surface area contributed by atoms with Gasteiger partial charge in [0.2, 0.25) is 0 Å². The molecule has 6 nitrogen and oxygen atoms in total. The molecule has 2 N–H and O–H groups in total. The summed E-state index contributed by atoms with van der Waals surface area (Å²) < 4.78 is 104. The molecule has 14 heteroatoms. The van der Waals surface area contributed by atoms with Crippen molar-refractivity contribution in [1.29, 1.82) is 0 Å². The highest BCUT2D eigenvalue weighted by Gasteiger charge is 2.57. The number of benzene rings is 2. The number of aromatic amines is 1. The molecule has 0 spiro atoms. The van der Waals surface area contributed by atoms with E-state index in [4.69, 9.17) is 4.74 Å². The zero-order valence-corrected chi connectivity index (χ0v) is 22.5. The maximum absolute atomic E-state index is 15.8. The van der Waals surface area contributed by atoms with Crippen molar-refractivity contribution >= 4 is 11.3 Å². The quantitative estimate of drug-likeness (QED) is 0.151. The molecule has 3 aromatic heterocycles. The Morgan fingerprint density at radius 2 is 1.60 bits per heavy atom. The van der Waals surface area contributed by atoms with Gasteiger partial charge in [0, 0.05) is 33.8 Å². The van der Waals surface area contributed by atoms with Gasteiger partial charge in [-0.2, -0.15) is 22.0 Å². The highest BCUT2D eigenvalue weighted by Crippen LogP contribution is 2.46. The lowest BCUT2D eigenvalue weighted by Gasteiger charge is -2.36. The second-order valence-corrected chi connectivity index (χ2v) is 10.5. The lowest BCUT2D eigenvalue weighted by Crippen LogP contribution is -2.48. The molecule has 0 saturated heterocycles. The van der Waals surface area contributed by atoms with Crippen molar-refractivity contribution in [1.82, 2.24) is 20.0 Å². The van der Waals surface area contributed by atoms with Crippen molar-refractivity contribution < 1.29 is 40.6 Å². The van der Waals surface area contributed by atoms with Gasteiger partial charge >= 0.3 is 12.1 Å². The summed E-state index contributed by atoms with van der Waals surface area (Å²) in [5, 5.41) is 17.0. The summed E-state index contributed by atoms with van der Waals surface area (Å²) in [4.78, 5) is 3.46. The topological polar surface area (TPSA) is 76.0 Å². The number of nitrogens with zero attached hydrogens (tertiary/aromatic N) is 3. The molecule has 0 fully saturated rings. The van der Waals surface area contributed by atoms with Gasteiger partial charge in [-0.25, -0.2) is 14.0 Å². The minimum Gasteiger partial charge on any atom is -0.488 e. The van der Waals surface area contributed by atoms with Crippen LogP contribution >= 0.6 is 11.3 Å². The van der Waals surface area contributed by atoms with Crippen molar-refractivity contribution in [2.24, 2.45) is 0 Å². The maximum atomic E-state index is 15.8. The van der Waals surface area contributed by atoms with Crippen LogP contribution in [0.5, 0.6) is 5.75 Å². The van der Waals surface area contributed by atoms with E-state index in [1.54, 1.807) is 24.3 Å². The molecule has 222 valence electrons. The first-order valence-electron chi connectivity index (χ1n) is 12.3. The first-order valence-corrected chi connectivity index (χ1v) is 13.2. The number of ether oxygens (including phenoxy) is 1. The van der Waals surface area contributed by atoms with E-state index in [9.17, 15) is 27.1 Å². The Balaban J connectivity index is 1.29. The van der Waals surface area contributed by atoms with Crippen LogP contribution in [0.1, 0.15) is 32.1 Å². The number of thiophene rings is 1. The summed E-state index contributed by atoms with van der Waals surface area (Å²) in [5.41, 5.74) is -4.09. The molecule has 0 aliphatic carbocycles. The van der Waals surface area contributed by atoms with Gasteiger partial charge in [0.25, 0.3) is 0 Å². The molecule has 43 heavy (non-hydrogen) atoms. The number of H-pyrrole nitrogens is 1. The standard InChI is InChI=1S/C29H19F7N4O2S/c30-20-6-10-23(24(31)13-20)27(41,16-40-17-38-39-40)28(32,33)25-11-5-19(14-37-25)2-1-18-3-7-21(8-4-18)42-15-22-9-12-26(43-22)29(34,35)36/h3-14,17,39,41H,15-16H2. The smallest absolute Gasteiger partial charge is 0.425 e. The number of hydrogen-bond acceptors (Lipinski definition) is 5. The summed E-state index contributed by atoms with van der Waals surface area (Å²) in [7, 11) is 0. The monoisotopic (exact) mass is 620 g/mol. The maximum Gasteiger partial charge on any atom is 0.425 e. The minimum absolute atomic E-state index is 0.0422. The van der Waals surface area contributed by atoms with Gasteiger partial charge in [0.05, 0.1) is 6.54 Å². The Kier molecular flexibility index (Phi) is 8.04. The van der Waals surface area contributed by atoms with Gasteiger partial charge in [-0.1, -0.05) is 11.8 Å². The molecule has 0 saturated carbocycles. The summed E-state index contributed by atoms with van der Waals surface area (Å²) >= 11 is 0.598. The first-order chi connectivity index (χ1) is 20.3. The average molecular weight is 621 g/mol. The van der Waals surface area contributed by atoms with E-state index in [1.165, 1.54) is 12.1 Å². The molecule has 5 aromatic rings. The number of nitrogens with one attached hydrogen (secondary N) is 1. The first kappa shape index (κ1) is 29.9. The third kappa shape index (κ3) is 6.42. The van der Waals surface area contributed by atoms with Crippen LogP contribution < -0.4 is 4.74 Å². The lowest BCUT2D eigenvalue weighted by atomic mass is 9.84. The predicted molar refractivity (Wildman–Crippen MR) is 141 cm³/mol. The Morgan fingerprint density at radius 1 is 0.907 bits per heavy atom. The second-order valence-electron chi connectivity index (χ2n) is 9.29. The number of aliphatic hydroxyl groups is 1. The molecule has 3 heterocycles. The Labute approximate surface area is 243 Å². The normalized spacial score (nSPS) is 13.3. The predicted octanol–water partition coefficient (Wildman–Crippen LogP) is 6.62. The van der Waals surface area contributed by atoms with E-state index in [1.807, 2.05) is 0 Å². The van der Waals surface area contributed by atoms with E-state index >= 15 is 8.78 Å². The van der Waals surface area contributed by atoms with Crippen molar-refractivity contribution in [3.63, 3.8) is 0 Å². The van der Waals surface area contributed by atoms with E-state index in [0.29, 0.717) is 33.6 Å². The van der Waals surface area contributed by atoms with E-state index in [2.05, 4.69) is 27.1 Å². The van der Waals surface area contributed by atoms with Gasteiger partial charge in [0.1, 0.15) is 40.9 Å². The summed E-state index contributed by atoms with van der Waals surface area (Å²) in [6.07, 6.45) is -2.23. The zero-order chi connectivity index (χ0) is 30.8. The van der Waals surface area contributed by atoms with Crippen molar-refractivity contribution in [2.45, 2.75) is 30.9 Å². The Bertz CT molecular complexity index is 1760. The number of alkyl halides is 5. The van der Waals surface area contributed by atoms with Gasteiger partial charge in [-0.15, -0.1) is 16.4 Å². The van der Waals surface area contributed by atoms with Crippen LogP contribution in [-0.2, 0) is 30.9 Å². The lowest BCUT2D eigenvalue weighted by molar-refractivity contribution is -0.208. The molecule has 0 amide bonds. The van der Waals surface area contributed by atoms with Crippen LogP contribution in [-0.4, -0.2) is 25.1 Å². The highest BCUT2D eigenvalue weighted by atomic mass is 32.1. The van der Waals surface area contributed by atoms with E-state index < -0.39 is 52.0 Å². The molecular weight excluding hydrogens is 601 g/mol. The molecule has 0 aliphatic rings. The van der Waals surface area contributed by atoms with Gasteiger partial charge in [0.15, 0.2) is 5.60 Å². The molecule has 0 bridgehead atoms. The summed E-state index contributed by atoms with van der Waals surface area (Å²) in [6.45, 7) is -0.879. The SMILES string of the molecule is OC(Cn1cn[nH]1)(c1ccc(F)cc1F)C(F)(F)c1ccc(C#Cc2ccc(OCc3ccc(C(F)(F)F)s3)cc2)cn1. The second kappa shape index (κ2) is 11.6. The largest absolute Gasteiger partial charge is 0.488 e. The molecular formula is C29H19F7N4O2S. The van der Waals surface area contributed by atoms with Crippen LogP contribution in [0.4, 0.5) is 30.7 Å². The number of pyridine rings is 1. The van der Waals surface area contributed by atoms with E-state index in [-0.39, 0.29) is 12.2 Å². The van der Waals surface area contributed by atoms with Gasteiger partial charge < -0.3 is 9.84 Å². The van der Waals surface area contributed by atoms with Crippen molar-refractivity contribution in [2.75, 3.05) is 0 Å². The highest BCUT2D eigenvalue weighted by molar-refractivity contribution is 7.12. The number of halogens is 7. The van der Waals surface area contributed by atoms with Crippen LogP contribution in [0.3, 0.4) is 0 Å². The van der Waals surface area contributed by atoms with Crippen LogP contribution in [0.15, 0.2) is 79.3 Å². The molecule has 1 atom stereocenters. The van der Waals surface area contributed by atoms with Crippen LogP contribution in [0.2, 0.25) is 0 Å². The van der Waals surface area contributed by atoms with Gasteiger partial charge in [-0.05, 0) is 60.7 Å². The fourth-order valence-corrected chi connectivity index (χ4v) is 4.84. The van der Waals surface area contributed by atoms with Gasteiger partial charge in [-0.3, -0.25) is 9.67 Å². The molecule has 5 rings (SSSR count). The fraction of sp³-hybridized carbons (Fsp3) is 0.172. The average Bonchev–Trinajstić information content (AvgIpc) is 3.43. The molecule has 2 aromatic carbocycles. The van der Waals surface area contributed by atoms with Crippen molar-refractivity contribution in [3.05, 3.63) is 123 Å². The fourth-order valence-electron chi connectivity index (χ4n) is 4.05. The summed E-state index contributed by atoms with van der Waals surface area (Å²) in [6, 6.07) is 12.8. The van der Waals surface area contributed by atoms with Crippen LogP contribution in [0, 0.1) is 23.5 Å². The Hall–Kier alpha value is -4.61. The Morgan fingerprint density at radius 3 is 2.19 bits per heavy atom. The number of aromatic nitrogens is 4. The molecule has 0 aliphatic heterocycles.